The minimum Gasteiger partial charge on any atom is -0.366 e. The molecule has 1 unspecified atom stereocenters. The number of benzene rings is 3. The van der Waals surface area contributed by atoms with Crippen molar-refractivity contribution < 1.29 is 9.90 Å². The zero-order valence-electron chi connectivity index (χ0n) is 17.5. The van der Waals surface area contributed by atoms with Crippen molar-refractivity contribution in [3.8, 4) is 11.8 Å². The van der Waals surface area contributed by atoms with Gasteiger partial charge in [0.15, 0.2) is 0 Å². The Morgan fingerprint density at radius 1 is 0.900 bits per heavy atom. The average molecular weight is 396 g/mol. The fourth-order valence-corrected chi connectivity index (χ4v) is 3.69. The van der Waals surface area contributed by atoms with Gasteiger partial charge in [0, 0.05) is 11.1 Å². The molecule has 1 aliphatic rings. The molecule has 0 aromatic heterocycles. The molecule has 0 saturated carbocycles. The van der Waals surface area contributed by atoms with Crippen LogP contribution in [0.4, 0.5) is 5.69 Å². The van der Waals surface area contributed by atoms with Crippen LogP contribution in [0.1, 0.15) is 43.0 Å². The molecule has 1 atom stereocenters. The third-order valence-corrected chi connectivity index (χ3v) is 5.46. The van der Waals surface area contributed by atoms with Gasteiger partial charge in [0.25, 0.3) is 5.91 Å². The number of nitrogens with zero attached hydrogens (tertiary/aromatic N) is 1. The van der Waals surface area contributed by atoms with E-state index in [9.17, 15) is 9.90 Å². The minimum atomic E-state index is -1.85. The Morgan fingerprint density at radius 3 is 2.20 bits per heavy atom. The van der Waals surface area contributed by atoms with Gasteiger partial charge in [-0.15, -0.1) is 0 Å². The standard InChI is InChI=1S/C27H25NO2/c1-26(2,3)22-15-13-20(14-16-22)17-18-27(30)23-11-7-8-12-24(23)28(25(27)29)19-21-9-5-4-6-10-21/h4-16,30H,19H2,1-3H3. The summed E-state index contributed by atoms with van der Waals surface area (Å²) in [7, 11) is 0. The zero-order chi connectivity index (χ0) is 21.4. The van der Waals surface area contributed by atoms with Gasteiger partial charge in [-0.2, -0.15) is 0 Å². The monoisotopic (exact) mass is 395 g/mol. The van der Waals surface area contributed by atoms with E-state index in [-0.39, 0.29) is 5.41 Å². The van der Waals surface area contributed by atoms with Gasteiger partial charge < -0.3 is 10.0 Å². The summed E-state index contributed by atoms with van der Waals surface area (Å²) in [6.45, 7) is 6.87. The molecule has 30 heavy (non-hydrogen) atoms. The second-order valence-electron chi connectivity index (χ2n) is 8.68. The maximum absolute atomic E-state index is 13.3. The first-order valence-corrected chi connectivity index (χ1v) is 10.1. The number of para-hydroxylation sites is 1. The van der Waals surface area contributed by atoms with E-state index >= 15 is 0 Å². The summed E-state index contributed by atoms with van der Waals surface area (Å²) in [5, 5.41) is 11.3. The van der Waals surface area contributed by atoms with Crippen molar-refractivity contribution in [2.45, 2.75) is 38.3 Å². The Labute approximate surface area is 178 Å². The molecule has 150 valence electrons. The summed E-state index contributed by atoms with van der Waals surface area (Å²) in [6.07, 6.45) is 0. The van der Waals surface area contributed by atoms with E-state index in [1.165, 1.54) is 5.56 Å². The molecule has 0 spiro atoms. The predicted octanol–water partition coefficient (Wildman–Crippen LogP) is 4.77. The first-order chi connectivity index (χ1) is 14.3. The number of amides is 1. The van der Waals surface area contributed by atoms with Crippen LogP contribution in [0.15, 0.2) is 78.9 Å². The highest BCUT2D eigenvalue weighted by atomic mass is 16.3. The van der Waals surface area contributed by atoms with Crippen LogP contribution >= 0.6 is 0 Å². The molecule has 3 nitrogen and oxygen atoms in total. The van der Waals surface area contributed by atoms with Crippen LogP contribution in [0, 0.1) is 11.8 Å². The number of carbonyl (C=O) groups is 1. The van der Waals surface area contributed by atoms with Crippen molar-refractivity contribution in [3.05, 3.63) is 101 Å². The van der Waals surface area contributed by atoms with Crippen LogP contribution in [0.2, 0.25) is 0 Å². The van der Waals surface area contributed by atoms with Crippen molar-refractivity contribution in [2.75, 3.05) is 4.90 Å². The van der Waals surface area contributed by atoms with Crippen LogP contribution in [0.5, 0.6) is 0 Å². The molecule has 0 bridgehead atoms. The number of rotatable bonds is 2. The van der Waals surface area contributed by atoms with Gasteiger partial charge in [0.1, 0.15) is 0 Å². The summed E-state index contributed by atoms with van der Waals surface area (Å²) >= 11 is 0. The smallest absolute Gasteiger partial charge is 0.276 e. The summed E-state index contributed by atoms with van der Waals surface area (Å²) in [5.41, 5.74) is 2.41. The fourth-order valence-electron chi connectivity index (χ4n) is 3.69. The number of hydrogen-bond acceptors (Lipinski definition) is 2. The molecule has 0 saturated heterocycles. The highest BCUT2D eigenvalue weighted by molar-refractivity contribution is 6.09. The molecule has 3 aromatic carbocycles. The lowest BCUT2D eigenvalue weighted by molar-refractivity contribution is -0.130. The van der Waals surface area contributed by atoms with Gasteiger partial charge >= 0.3 is 0 Å². The van der Waals surface area contributed by atoms with Crippen LogP contribution in [0.25, 0.3) is 0 Å². The largest absolute Gasteiger partial charge is 0.366 e. The van der Waals surface area contributed by atoms with Crippen LogP contribution < -0.4 is 4.90 Å². The van der Waals surface area contributed by atoms with Crippen molar-refractivity contribution >= 4 is 11.6 Å². The zero-order valence-corrected chi connectivity index (χ0v) is 17.5. The second-order valence-corrected chi connectivity index (χ2v) is 8.68. The molecule has 1 N–H and O–H groups in total. The molecule has 0 fully saturated rings. The molecule has 1 aliphatic heterocycles. The van der Waals surface area contributed by atoms with Gasteiger partial charge in [0.05, 0.1) is 12.2 Å². The topological polar surface area (TPSA) is 40.5 Å². The first kappa shape index (κ1) is 19.9. The van der Waals surface area contributed by atoms with E-state index in [0.717, 1.165) is 11.1 Å². The summed E-state index contributed by atoms with van der Waals surface area (Å²) in [6, 6.07) is 25.0. The molecule has 0 radical (unpaired) electrons. The van der Waals surface area contributed by atoms with E-state index in [1.54, 1.807) is 11.0 Å². The molecule has 3 heteroatoms. The van der Waals surface area contributed by atoms with Gasteiger partial charge in [0.2, 0.25) is 5.60 Å². The normalized spacial score (nSPS) is 18.0. The Hall–Kier alpha value is -3.35. The van der Waals surface area contributed by atoms with E-state index in [1.807, 2.05) is 72.8 Å². The van der Waals surface area contributed by atoms with Crippen molar-refractivity contribution in [3.63, 3.8) is 0 Å². The van der Waals surface area contributed by atoms with E-state index in [4.69, 9.17) is 0 Å². The van der Waals surface area contributed by atoms with Crippen LogP contribution in [0.3, 0.4) is 0 Å². The number of hydrogen-bond donors (Lipinski definition) is 1. The van der Waals surface area contributed by atoms with E-state index < -0.39 is 11.5 Å². The summed E-state index contributed by atoms with van der Waals surface area (Å²) < 4.78 is 0. The van der Waals surface area contributed by atoms with Gasteiger partial charge in [-0.25, -0.2) is 0 Å². The average Bonchev–Trinajstić information content (AvgIpc) is 2.95. The molecular weight excluding hydrogens is 370 g/mol. The summed E-state index contributed by atoms with van der Waals surface area (Å²) in [5.74, 6) is 5.47. The predicted molar refractivity (Wildman–Crippen MR) is 120 cm³/mol. The van der Waals surface area contributed by atoms with Gasteiger partial charge in [-0.05, 0) is 40.7 Å². The van der Waals surface area contributed by atoms with Crippen molar-refractivity contribution in [1.82, 2.24) is 0 Å². The van der Waals surface area contributed by atoms with Crippen LogP contribution in [-0.4, -0.2) is 11.0 Å². The van der Waals surface area contributed by atoms with Gasteiger partial charge in [-0.3, -0.25) is 4.79 Å². The highest BCUT2D eigenvalue weighted by Gasteiger charge is 2.48. The quantitative estimate of drug-likeness (QED) is 0.635. The molecule has 4 rings (SSSR count). The van der Waals surface area contributed by atoms with Crippen molar-refractivity contribution in [2.24, 2.45) is 0 Å². The number of fused-ring (bicyclic) bond motifs is 1. The van der Waals surface area contributed by atoms with Crippen LogP contribution in [-0.2, 0) is 22.4 Å². The Kier molecular flexibility index (Phi) is 4.97. The lowest BCUT2D eigenvalue weighted by Gasteiger charge is -2.19. The third-order valence-electron chi connectivity index (χ3n) is 5.46. The van der Waals surface area contributed by atoms with Gasteiger partial charge in [-0.1, -0.05) is 87.4 Å². The molecule has 3 aromatic rings. The lowest BCUT2D eigenvalue weighted by atomic mass is 9.86. The fraction of sp³-hybridized carbons (Fsp3) is 0.222. The number of carbonyl (C=O) groups excluding carboxylic acids is 1. The Morgan fingerprint density at radius 2 is 1.53 bits per heavy atom. The SMILES string of the molecule is CC(C)(C)c1ccc(C#CC2(O)C(=O)N(Cc3ccccc3)c3ccccc32)cc1. The Bertz CT molecular complexity index is 1130. The Balaban J connectivity index is 1.68. The molecule has 0 aliphatic carbocycles. The molecule has 1 heterocycles. The number of aliphatic hydroxyl groups is 1. The lowest BCUT2D eigenvalue weighted by Crippen LogP contribution is -2.39. The summed E-state index contributed by atoms with van der Waals surface area (Å²) in [4.78, 5) is 14.9. The van der Waals surface area contributed by atoms with Crippen molar-refractivity contribution in [1.29, 1.82) is 0 Å². The third kappa shape index (κ3) is 3.63. The first-order valence-electron chi connectivity index (χ1n) is 10.1. The minimum absolute atomic E-state index is 0.0580. The van der Waals surface area contributed by atoms with E-state index in [0.29, 0.717) is 17.8 Å². The maximum Gasteiger partial charge on any atom is 0.276 e. The highest BCUT2D eigenvalue weighted by Crippen LogP contribution is 2.40. The molecular formula is C27H25NO2. The maximum atomic E-state index is 13.3. The second kappa shape index (κ2) is 7.48. The molecule has 1 amide bonds. The van der Waals surface area contributed by atoms with E-state index in [2.05, 4.69) is 32.6 Å². The number of anilines is 1.